The third-order valence-electron chi connectivity index (χ3n) is 11.3. The van der Waals surface area contributed by atoms with Crippen LogP contribution in [0.5, 0.6) is 0 Å². The van der Waals surface area contributed by atoms with Crippen molar-refractivity contribution in [3.8, 4) is 55.6 Å². The molecule has 0 aliphatic carbocycles. The van der Waals surface area contributed by atoms with E-state index in [1.165, 1.54) is 102 Å². The number of hydrogen-bond donors (Lipinski definition) is 0. The van der Waals surface area contributed by atoms with Gasteiger partial charge in [0.2, 0.25) is 0 Å². The van der Waals surface area contributed by atoms with Gasteiger partial charge >= 0.3 is 0 Å². The van der Waals surface area contributed by atoms with Crippen molar-refractivity contribution in [3.63, 3.8) is 0 Å². The monoisotopic (exact) mass is 768 g/mol. The Kier molecular flexibility index (Phi) is 15.1. The molecule has 1 unspecified atom stereocenters. The van der Waals surface area contributed by atoms with E-state index in [4.69, 9.17) is 0 Å². The van der Waals surface area contributed by atoms with Crippen molar-refractivity contribution in [2.75, 3.05) is 0 Å². The van der Waals surface area contributed by atoms with Gasteiger partial charge in [-0.25, -0.2) is 0 Å². The minimum atomic E-state index is 0.616. The van der Waals surface area contributed by atoms with Gasteiger partial charge in [-0.15, -0.1) is 0 Å². The Balaban J connectivity index is 0.000000156. The number of benzene rings is 8. The van der Waals surface area contributed by atoms with Gasteiger partial charge < -0.3 is 0 Å². The summed E-state index contributed by atoms with van der Waals surface area (Å²) in [6, 6.07) is 69.6. The number of rotatable bonds is 9. The Morgan fingerprint density at radius 3 is 1.24 bits per heavy atom. The van der Waals surface area contributed by atoms with Gasteiger partial charge in [-0.3, -0.25) is 0 Å². The third-order valence-corrected chi connectivity index (χ3v) is 11.3. The lowest BCUT2D eigenvalue weighted by atomic mass is 9.88. The van der Waals surface area contributed by atoms with E-state index < -0.39 is 0 Å². The van der Waals surface area contributed by atoms with Crippen molar-refractivity contribution in [2.24, 2.45) is 0 Å². The minimum Gasteiger partial charge on any atom is -0.0651 e. The van der Waals surface area contributed by atoms with E-state index in [0.717, 1.165) is 6.42 Å². The summed E-state index contributed by atoms with van der Waals surface area (Å²) in [6.45, 7) is 15.5. The lowest BCUT2D eigenvalue weighted by Crippen LogP contribution is -1.95. The van der Waals surface area contributed by atoms with Gasteiger partial charge in [-0.2, -0.15) is 0 Å². The third kappa shape index (κ3) is 10.8. The highest BCUT2D eigenvalue weighted by Crippen LogP contribution is 2.39. The van der Waals surface area contributed by atoms with Crippen LogP contribution >= 0.6 is 0 Å². The summed E-state index contributed by atoms with van der Waals surface area (Å²) in [5, 5.41) is 0. The van der Waals surface area contributed by atoms with Gasteiger partial charge in [0, 0.05) is 0 Å². The smallest absolute Gasteiger partial charge is 0.00990 e. The number of hydrogen-bond acceptors (Lipinski definition) is 0. The van der Waals surface area contributed by atoms with E-state index in [-0.39, 0.29) is 0 Å². The van der Waals surface area contributed by atoms with Crippen molar-refractivity contribution >= 4 is 0 Å². The van der Waals surface area contributed by atoms with Crippen LogP contribution in [0.15, 0.2) is 194 Å². The fourth-order valence-corrected chi connectivity index (χ4v) is 7.91. The molecular formula is C59H60. The van der Waals surface area contributed by atoms with Gasteiger partial charge in [0.15, 0.2) is 0 Å². The summed E-state index contributed by atoms with van der Waals surface area (Å²) in [5.41, 5.74) is 21.3. The Morgan fingerprint density at radius 2 is 0.763 bits per heavy atom. The second-order valence-electron chi connectivity index (χ2n) is 15.8. The molecule has 0 amide bonds. The zero-order valence-electron chi connectivity index (χ0n) is 36.2. The van der Waals surface area contributed by atoms with Crippen LogP contribution in [0.2, 0.25) is 0 Å². The van der Waals surface area contributed by atoms with Gasteiger partial charge in [0.1, 0.15) is 0 Å². The minimum absolute atomic E-state index is 0.616. The maximum Gasteiger partial charge on any atom is -0.00990 e. The fourth-order valence-electron chi connectivity index (χ4n) is 7.91. The van der Waals surface area contributed by atoms with Crippen molar-refractivity contribution in [1.29, 1.82) is 0 Å². The first-order chi connectivity index (χ1) is 28.8. The summed E-state index contributed by atoms with van der Waals surface area (Å²) < 4.78 is 0. The largest absolute Gasteiger partial charge is 0.0651 e. The maximum atomic E-state index is 2.30. The lowest BCUT2D eigenvalue weighted by Gasteiger charge is -2.16. The van der Waals surface area contributed by atoms with E-state index in [1.807, 2.05) is 0 Å². The predicted molar refractivity (Wildman–Crippen MR) is 258 cm³/mol. The van der Waals surface area contributed by atoms with E-state index in [1.54, 1.807) is 0 Å². The van der Waals surface area contributed by atoms with Crippen LogP contribution in [0.1, 0.15) is 72.9 Å². The van der Waals surface area contributed by atoms with Gasteiger partial charge in [-0.1, -0.05) is 232 Å². The molecule has 59 heavy (non-hydrogen) atoms. The van der Waals surface area contributed by atoms with E-state index >= 15 is 0 Å². The highest BCUT2D eigenvalue weighted by Gasteiger charge is 2.14. The van der Waals surface area contributed by atoms with Crippen LogP contribution in [-0.2, 0) is 6.42 Å². The molecule has 0 aliphatic heterocycles. The molecule has 8 rings (SSSR count). The van der Waals surface area contributed by atoms with Crippen LogP contribution in [-0.4, -0.2) is 0 Å². The van der Waals surface area contributed by atoms with Crippen LogP contribution in [0.25, 0.3) is 55.6 Å². The zero-order valence-corrected chi connectivity index (χ0v) is 36.2. The van der Waals surface area contributed by atoms with E-state index in [0.29, 0.717) is 5.92 Å². The number of aryl methyl sites for hydroxylation is 5. The zero-order chi connectivity index (χ0) is 41.6. The van der Waals surface area contributed by atoms with E-state index in [2.05, 4.69) is 243 Å². The summed E-state index contributed by atoms with van der Waals surface area (Å²) in [7, 11) is 0. The molecule has 8 aromatic rings. The molecule has 0 saturated heterocycles. The maximum absolute atomic E-state index is 2.30. The SMILES string of the molecule is CCC(C)c1ccccc1-c1ccccc1C.CCCc1ccccc1-c1ccccc1C.Cc1ccc(-c2ccc(C)cc2-c2ccccc2)c(-c2ccccc2)c1. The molecule has 0 radical (unpaired) electrons. The molecule has 0 nitrogen and oxygen atoms in total. The molecule has 0 N–H and O–H groups in total. The summed E-state index contributed by atoms with van der Waals surface area (Å²) in [4.78, 5) is 0. The van der Waals surface area contributed by atoms with Crippen molar-refractivity contribution in [2.45, 2.75) is 73.6 Å². The van der Waals surface area contributed by atoms with E-state index in [9.17, 15) is 0 Å². The lowest BCUT2D eigenvalue weighted by molar-refractivity contribution is 0.735. The standard InChI is InChI=1S/C26H22.C17H20.C16H18/c1-19-13-15-23(25(17-19)21-9-5-3-6-10-21)24-16-14-20(2)18-26(24)22-11-7-4-8-12-22;1-4-13(2)15-10-7-8-12-17(15)16-11-6-5-9-14(16)3;1-3-8-14-10-5-7-12-16(14)15-11-6-4-9-13(15)2/h3-18H,1-2H3;5-13H,4H2,1-3H3;4-7,9-12H,3,8H2,1-2H3. The molecule has 296 valence electrons. The van der Waals surface area contributed by atoms with Gasteiger partial charge in [0.25, 0.3) is 0 Å². The van der Waals surface area contributed by atoms with Gasteiger partial charge in [-0.05, 0) is 124 Å². The molecule has 0 heterocycles. The molecule has 0 aromatic heterocycles. The van der Waals surface area contributed by atoms with Crippen LogP contribution in [0, 0.1) is 27.7 Å². The molecular weight excluding hydrogens is 709 g/mol. The molecule has 0 saturated carbocycles. The Bertz CT molecular complexity index is 2450. The quantitative estimate of drug-likeness (QED) is 0.137. The normalized spacial score (nSPS) is 11.1. The van der Waals surface area contributed by atoms with Crippen molar-refractivity contribution < 1.29 is 0 Å². The second kappa shape index (κ2) is 21.0. The second-order valence-corrected chi connectivity index (χ2v) is 15.8. The Hall–Kier alpha value is -6.24. The van der Waals surface area contributed by atoms with Crippen LogP contribution < -0.4 is 0 Å². The first-order valence-corrected chi connectivity index (χ1v) is 21.4. The Morgan fingerprint density at radius 1 is 0.356 bits per heavy atom. The summed E-state index contributed by atoms with van der Waals surface area (Å²) in [6.07, 6.45) is 3.54. The first-order valence-electron chi connectivity index (χ1n) is 21.4. The average Bonchev–Trinajstić information content (AvgIpc) is 3.28. The first kappa shape index (κ1) is 42.4. The molecule has 8 aromatic carbocycles. The summed E-state index contributed by atoms with van der Waals surface area (Å²) in [5.74, 6) is 0.616. The van der Waals surface area contributed by atoms with Gasteiger partial charge in [0.05, 0.1) is 0 Å². The Labute approximate surface area is 355 Å². The van der Waals surface area contributed by atoms with Crippen molar-refractivity contribution in [1.82, 2.24) is 0 Å². The fraction of sp³-hybridized carbons (Fsp3) is 0.186. The topological polar surface area (TPSA) is 0 Å². The predicted octanol–water partition coefficient (Wildman–Crippen LogP) is 17.1. The molecule has 0 spiro atoms. The average molecular weight is 769 g/mol. The molecule has 0 aliphatic rings. The summed E-state index contributed by atoms with van der Waals surface area (Å²) >= 11 is 0. The van der Waals surface area contributed by atoms with Crippen LogP contribution in [0.4, 0.5) is 0 Å². The highest BCUT2D eigenvalue weighted by molar-refractivity contribution is 5.92. The molecule has 0 fully saturated rings. The molecule has 0 bridgehead atoms. The molecule has 0 heteroatoms. The highest BCUT2D eigenvalue weighted by atomic mass is 14.2. The molecule has 1 atom stereocenters. The van der Waals surface area contributed by atoms with Crippen molar-refractivity contribution in [3.05, 3.63) is 228 Å². The van der Waals surface area contributed by atoms with Crippen LogP contribution in [0.3, 0.4) is 0 Å².